The molecule has 0 unspecified atom stereocenters. The summed E-state index contributed by atoms with van der Waals surface area (Å²) in [6, 6.07) is 35.6. The molecule has 0 bridgehead atoms. The first kappa shape index (κ1) is 20.8. The topological polar surface area (TPSA) is 34.1 Å². The molecule has 164 valence electrons. The molecule has 0 radical (unpaired) electrons. The van der Waals surface area contributed by atoms with Crippen molar-refractivity contribution in [1.29, 1.82) is 0 Å². The molecule has 5 rings (SSSR count). The number of para-hydroxylation sites is 1. The third kappa shape index (κ3) is 4.20. The quantitative estimate of drug-likeness (QED) is 0.337. The van der Waals surface area contributed by atoms with Crippen LogP contribution >= 0.6 is 0 Å². The highest BCUT2D eigenvalue weighted by Crippen LogP contribution is 2.39. The first-order valence-corrected chi connectivity index (χ1v) is 11.1. The van der Waals surface area contributed by atoms with Crippen LogP contribution in [0.5, 0.6) is 11.5 Å². The van der Waals surface area contributed by atoms with Gasteiger partial charge < -0.3 is 9.47 Å². The Labute approximate surface area is 194 Å². The molecule has 0 saturated heterocycles. The van der Waals surface area contributed by atoms with Crippen LogP contribution in [0.1, 0.15) is 23.6 Å². The SMILES string of the molecule is COc1ccc([C@@H]2CC(c3ccc(-c4ccccc4)cc3)=NN2c2ccccc2)cc1OC. The van der Waals surface area contributed by atoms with E-state index in [1.54, 1.807) is 14.2 Å². The highest BCUT2D eigenvalue weighted by atomic mass is 16.5. The fourth-order valence-electron chi connectivity index (χ4n) is 4.31. The van der Waals surface area contributed by atoms with Gasteiger partial charge in [-0.05, 0) is 46.5 Å². The zero-order valence-corrected chi connectivity index (χ0v) is 18.8. The number of ether oxygens (including phenoxy) is 2. The molecule has 4 nitrogen and oxygen atoms in total. The zero-order valence-electron chi connectivity index (χ0n) is 18.8. The van der Waals surface area contributed by atoms with Gasteiger partial charge in [-0.15, -0.1) is 0 Å². The molecule has 0 amide bonds. The predicted molar refractivity (Wildman–Crippen MR) is 134 cm³/mol. The summed E-state index contributed by atoms with van der Waals surface area (Å²) in [6.45, 7) is 0. The van der Waals surface area contributed by atoms with Crippen LogP contribution in [0.2, 0.25) is 0 Å². The van der Waals surface area contributed by atoms with Crippen molar-refractivity contribution in [1.82, 2.24) is 0 Å². The molecule has 1 heterocycles. The molecule has 4 aromatic carbocycles. The number of nitrogens with zero attached hydrogens (tertiary/aromatic N) is 2. The van der Waals surface area contributed by atoms with Gasteiger partial charge in [0.05, 0.1) is 31.7 Å². The largest absolute Gasteiger partial charge is 0.493 e. The normalized spacial score (nSPS) is 15.3. The summed E-state index contributed by atoms with van der Waals surface area (Å²) in [4.78, 5) is 0. The Balaban J connectivity index is 1.49. The van der Waals surface area contributed by atoms with Gasteiger partial charge in [0.25, 0.3) is 0 Å². The second-order valence-corrected chi connectivity index (χ2v) is 8.00. The van der Waals surface area contributed by atoms with Crippen LogP contribution in [0.3, 0.4) is 0 Å². The number of benzene rings is 4. The Morgan fingerprint density at radius 3 is 1.94 bits per heavy atom. The first-order chi connectivity index (χ1) is 16.3. The van der Waals surface area contributed by atoms with Gasteiger partial charge in [-0.2, -0.15) is 5.10 Å². The number of hydrogen-bond acceptors (Lipinski definition) is 4. The molecule has 4 aromatic rings. The Morgan fingerprint density at radius 2 is 1.27 bits per heavy atom. The van der Waals surface area contributed by atoms with Crippen LogP contribution in [-0.2, 0) is 0 Å². The number of anilines is 1. The van der Waals surface area contributed by atoms with E-state index in [1.165, 1.54) is 11.1 Å². The smallest absolute Gasteiger partial charge is 0.161 e. The minimum absolute atomic E-state index is 0.0657. The summed E-state index contributed by atoms with van der Waals surface area (Å²) in [5, 5.41) is 7.18. The third-order valence-electron chi connectivity index (χ3n) is 6.05. The maximum absolute atomic E-state index is 5.56. The Hall–Kier alpha value is -4.05. The van der Waals surface area contributed by atoms with E-state index in [4.69, 9.17) is 14.6 Å². The molecular formula is C29H26N2O2. The van der Waals surface area contributed by atoms with E-state index in [0.717, 1.165) is 40.4 Å². The van der Waals surface area contributed by atoms with Crippen molar-refractivity contribution in [3.05, 3.63) is 114 Å². The van der Waals surface area contributed by atoms with Gasteiger partial charge in [0.1, 0.15) is 0 Å². The van der Waals surface area contributed by atoms with Gasteiger partial charge >= 0.3 is 0 Å². The van der Waals surface area contributed by atoms with Crippen molar-refractivity contribution in [3.8, 4) is 22.6 Å². The van der Waals surface area contributed by atoms with Crippen molar-refractivity contribution in [2.75, 3.05) is 19.2 Å². The number of rotatable bonds is 6. The lowest BCUT2D eigenvalue weighted by molar-refractivity contribution is 0.354. The predicted octanol–water partition coefficient (Wildman–Crippen LogP) is 6.73. The lowest BCUT2D eigenvalue weighted by Gasteiger charge is -2.24. The fraction of sp³-hybridized carbons (Fsp3) is 0.138. The van der Waals surface area contributed by atoms with Crippen LogP contribution < -0.4 is 14.5 Å². The molecule has 33 heavy (non-hydrogen) atoms. The molecule has 0 fully saturated rings. The number of methoxy groups -OCH3 is 2. The second kappa shape index (κ2) is 9.21. The highest BCUT2D eigenvalue weighted by molar-refractivity contribution is 6.03. The van der Waals surface area contributed by atoms with E-state index in [0.29, 0.717) is 0 Å². The van der Waals surface area contributed by atoms with Crippen molar-refractivity contribution in [3.63, 3.8) is 0 Å². The standard InChI is InChI=1S/C29H26N2O2/c1-32-28-18-17-24(19-29(28)33-2)27-20-26(30-31(27)25-11-7-4-8-12-25)23-15-13-22(14-16-23)21-9-5-3-6-10-21/h3-19,27H,20H2,1-2H3/t27-/m0/s1. The Kier molecular flexibility index (Phi) is 5.81. The molecule has 1 aliphatic rings. The van der Waals surface area contributed by atoms with Crippen molar-refractivity contribution in [2.24, 2.45) is 5.10 Å². The molecule has 0 spiro atoms. The fourth-order valence-corrected chi connectivity index (χ4v) is 4.31. The van der Waals surface area contributed by atoms with Gasteiger partial charge in [-0.25, -0.2) is 0 Å². The summed E-state index contributed by atoms with van der Waals surface area (Å²) in [5.41, 5.74) is 6.82. The third-order valence-corrected chi connectivity index (χ3v) is 6.05. The van der Waals surface area contributed by atoms with E-state index in [9.17, 15) is 0 Å². The van der Waals surface area contributed by atoms with Gasteiger partial charge in [0.15, 0.2) is 11.5 Å². The molecule has 0 aliphatic carbocycles. The van der Waals surface area contributed by atoms with Crippen LogP contribution in [-0.4, -0.2) is 19.9 Å². The van der Waals surface area contributed by atoms with Crippen molar-refractivity contribution in [2.45, 2.75) is 12.5 Å². The minimum Gasteiger partial charge on any atom is -0.493 e. The lowest BCUT2D eigenvalue weighted by Crippen LogP contribution is -2.18. The number of hydrazone groups is 1. The average Bonchev–Trinajstić information content (AvgIpc) is 3.35. The van der Waals surface area contributed by atoms with Crippen molar-refractivity contribution >= 4 is 11.4 Å². The summed E-state index contributed by atoms with van der Waals surface area (Å²) in [5.74, 6) is 1.45. The highest BCUT2D eigenvalue weighted by Gasteiger charge is 2.30. The van der Waals surface area contributed by atoms with Crippen LogP contribution in [0.4, 0.5) is 5.69 Å². The molecule has 0 saturated carbocycles. The van der Waals surface area contributed by atoms with E-state index >= 15 is 0 Å². The van der Waals surface area contributed by atoms with Crippen LogP contribution in [0, 0.1) is 0 Å². The lowest BCUT2D eigenvalue weighted by atomic mass is 9.96. The Bertz CT molecular complexity index is 1250. The van der Waals surface area contributed by atoms with E-state index in [2.05, 4.69) is 77.8 Å². The summed E-state index contributed by atoms with van der Waals surface area (Å²) < 4.78 is 11.0. The van der Waals surface area contributed by atoms with Gasteiger partial charge in [-0.3, -0.25) is 5.01 Å². The van der Waals surface area contributed by atoms with Gasteiger partial charge in [-0.1, -0.05) is 78.9 Å². The summed E-state index contributed by atoms with van der Waals surface area (Å²) >= 11 is 0. The monoisotopic (exact) mass is 434 g/mol. The average molecular weight is 435 g/mol. The summed E-state index contributed by atoms with van der Waals surface area (Å²) in [6.07, 6.45) is 0.801. The van der Waals surface area contributed by atoms with Crippen LogP contribution in [0.15, 0.2) is 108 Å². The van der Waals surface area contributed by atoms with Crippen molar-refractivity contribution < 1.29 is 9.47 Å². The Morgan fingerprint density at radius 1 is 0.667 bits per heavy atom. The maximum atomic E-state index is 5.56. The first-order valence-electron chi connectivity index (χ1n) is 11.1. The molecule has 0 N–H and O–H groups in total. The van der Waals surface area contributed by atoms with E-state index in [1.807, 2.05) is 30.3 Å². The van der Waals surface area contributed by atoms with Crippen LogP contribution in [0.25, 0.3) is 11.1 Å². The second-order valence-electron chi connectivity index (χ2n) is 8.00. The van der Waals surface area contributed by atoms with Gasteiger partial charge in [0, 0.05) is 6.42 Å². The van der Waals surface area contributed by atoms with E-state index in [-0.39, 0.29) is 6.04 Å². The molecule has 4 heteroatoms. The number of hydrogen-bond donors (Lipinski definition) is 0. The molecule has 1 aliphatic heterocycles. The maximum Gasteiger partial charge on any atom is 0.161 e. The molecule has 1 atom stereocenters. The van der Waals surface area contributed by atoms with Gasteiger partial charge in [0.2, 0.25) is 0 Å². The van der Waals surface area contributed by atoms with E-state index < -0.39 is 0 Å². The minimum atomic E-state index is 0.0657. The zero-order chi connectivity index (χ0) is 22.6. The molecular weight excluding hydrogens is 408 g/mol. The summed E-state index contributed by atoms with van der Waals surface area (Å²) in [7, 11) is 3.32. The molecule has 0 aromatic heterocycles.